The molecule has 0 fully saturated rings. The van der Waals surface area contributed by atoms with E-state index in [4.69, 9.17) is 4.74 Å². The molecule has 0 saturated carbocycles. The minimum atomic E-state index is -0.440. The predicted octanol–water partition coefficient (Wildman–Crippen LogP) is 2.37. The van der Waals surface area contributed by atoms with E-state index in [1.165, 1.54) is 12.4 Å². The molecule has 0 aliphatic carbocycles. The number of halogens is 1. The van der Waals surface area contributed by atoms with E-state index in [9.17, 15) is 4.39 Å². The molecule has 0 amide bonds. The van der Waals surface area contributed by atoms with Crippen molar-refractivity contribution in [3.05, 3.63) is 60.5 Å². The smallest absolute Gasteiger partial charge is 0.226 e. The van der Waals surface area contributed by atoms with Crippen molar-refractivity contribution in [2.75, 3.05) is 11.4 Å². The molecule has 1 atom stereocenters. The molecule has 0 radical (unpaired) electrons. The zero-order chi connectivity index (χ0) is 17.2. The monoisotopic (exact) mass is 340 g/mol. The average Bonchev–Trinajstić information content (AvgIpc) is 3.06. The third kappa shape index (κ3) is 3.02. The lowest BCUT2D eigenvalue weighted by molar-refractivity contribution is 0.290. The molecule has 7 nitrogen and oxygen atoms in total. The maximum absolute atomic E-state index is 13.0. The quantitative estimate of drug-likeness (QED) is 0.726. The summed E-state index contributed by atoms with van der Waals surface area (Å²) in [6, 6.07) is 3.70. The van der Waals surface area contributed by atoms with Crippen molar-refractivity contribution < 1.29 is 9.13 Å². The lowest BCUT2D eigenvalue weighted by Gasteiger charge is -2.34. The number of hydrogen-bond acceptors (Lipinski definition) is 6. The van der Waals surface area contributed by atoms with Gasteiger partial charge in [-0.3, -0.25) is 4.98 Å². The number of imidazole rings is 1. The molecule has 0 spiro atoms. The Morgan fingerprint density at radius 1 is 1.16 bits per heavy atom. The number of pyridine rings is 1. The fourth-order valence-electron chi connectivity index (χ4n) is 2.99. The molecule has 8 heteroatoms. The van der Waals surface area contributed by atoms with Crippen LogP contribution >= 0.6 is 0 Å². The van der Waals surface area contributed by atoms with Crippen LogP contribution in [0.2, 0.25) is 0 Å². The number of nitrogens with zero attached hydrogens (tertiary/aromatic N) is 6. The highest BCUT2D eigenvalue weighted by molar-refractivity contribution is 5.34. The summed E-state index contributed by atoms with van der Waals surface area (Å²) in [5.41, 5.74) is 1.00. The van der Waals surface area contributed by atoms with Crippen molar-refractivity contribution in [1.29, 1.82) is 0 Å². The molecule has 1 aliphatic heterocycles. The van der Waals surface area contributed by atoms with Gasteiger partial charge in [-0.15, -0.1) is 0 Å². The molecule has 0 saturated heterocycles. The van der Waals surface area contributed by atoms with Crippen LogP contribution in [0.15, 0.2) is 43.1 Å². The van der Waals surface area contributed by atoms with E-state index in [0.717, 1.165) is 30.4 Å². The Bertz CT molecular complexity index is 851. The van der Waals surface area contributed by atoms with Gasteiger partial charge in [0.15, 0.2) is 5.82 Å². The lowest BCUT2D eigenvalue weighted by Crippen LogP contribution is -2.38. The fourth-order valence-corrected chi connectivity index (χ4v) is 2.99. The highest BCUT2D eigenvalue weighted by atomic mass is 19.1. The SMILES string of the molecule is C[C@H]1c2ncc(COc3cccnc3)n2CCN1c1ncc(F)cn1. The number of aromatic nitrogens is 5. The zero-order valence-corrected chi connectivity index (χ0v) is 13.7. The molecule has 0 unspecified atom stereocenters. The fraction of sp³-hybridized carbons (Fsp3) is 0.294. The van der Waals surface area contributed by atoms with Crippen molar-refractivity contribution >= 4 is 5.95 Å². The summed E-state index contributed by atoms with van der Waals surface area (Å²) in [7, 11) is 0. The van der Waals surface area contributed by atoms with Crippen molar-refractivity contribution in [1.82, 2.24) is 24.5 Å². The first-order chi connectivity index (χ1) is 12.2. The second-order valence-electron chi connectivity index (χ2n) is 5.81. The van der Waals surface area contributed by atoms with Gasteiger partial charge in [-0.05, 0) is 19.1 Å². The topological polar surface area (TPSA) is 69.0 Å². The van der Waals surface area contributed by atoms with Crippen molar-refractivity contribution in [3.8, 4) is 5.75 Å². The summed E-state index contributed by atoms with van der Waals surface area (Å²) in [6.07, 6.45) is 7.59. The van der Waals surface area contributed by atoms with Crippen LogP contribution in [-0.2, 0) is 13.2 Å². The van der Waals surface area contributed by atoms with Crippen LogP contribution in [0.5, 0.6) is 5.75 Å². The number of ether oxygens (including phenoxy) is 1. The summed E-state index contributed by atoms with van der Waals surface area (Å²) in [5.74, 6) is 1.72. The maximum atomic E-state index is 13.0. The molecule has 1 aliphatic rings. The Morgan fingerprint density at radius 3 is 2.76 bits per heavy atom. The van der Waals surface area contributed by atoms with Crippen LogP contribution in [0.4, 0.5) is 10.3 Å². The third-order valence-electron chi connectivity index (χ3n) is 4.26. The van der Waals surface area contributed by atoms with Gasteiger partial charge in [-0.1, -0.05) is 0 Å². The number of hydrogen-bond donors (Lipinski definition) is 0. The molecule has 128 valence electrons. The van der Waals surface area contributed by atoms with Crippen LogP contribution in [0.3, 0.4) is 0 Å². The first-order valence-electron chi connectivity index (χ1n) is 8.03. The van der Waals surface area contributed by atoms with Crippen LogP contribution in [-0.4, -0.2) is 31.0 Å². The van der Waals surface area contributed by atoms with Crippen LogP contribution in [0.1, 0.15) is 24.5 Å². The third-order valence-corrected chi connectivity index (χ3v) is 4.26. The highest BCUT2D eigenvalue weighted by Gasteiger charge is 2.28. The van der Waals surface area contributed by atoms with Gasteiger partial charge in [0.05, 0.1) is 36.5 Å². The Labute approximate surface area is 144 Å². The molecule has 0 aromatic carbocycles. The van der Waals surface area contributed by atoms with Crippen molar-refractivity contribution in [2.24, 2.45) is 0 Å². The van der Waals surface area contributed by atoms with E-state index < -0.39 is 5.82 Å². The molecule has 3 aromatic heterocycles. The van der Waals surface area contributed by atoms with Gasteiger partial charge in [0, 0.05) is 19.3 Å². The van der Waals surface area contributed by atoms with Crippen LogP contribution in [0.25, 0.3) is 0 Å². The van der Waals surface area contributed by atoms with E-state index in [-0.39, 0.29) is 6.04 Å². The Morgan fingerprint density at radius 2 is 2.00 bits per heavy atom. The first-order valence-corrected chi connectivity index (χ1v) is 8.03. The molecular weight excluding hydrogens is 323 g/mol. The van der Waals surface area contributed by atoms with Gasteiger partial charge in [0.1, 0.15) is 18.2 Å². The standard InChI is InChI=1S/C17H17FN6O/c1-12-16-20-9-14(11-25-15-3-2-4-19-10-15)24(16)6-5-23(12)17-21-7-13(18)8-22-17/h2-4,7-10,12H,5-6,11H2,1H3/t12-/m0/s1. The van der Waals surface area contributed by atoms with Gasteiger partial charge >= 0.3 is 0 Å². The molecule has 3 aromatic rings. The minimum absolute atomic E-state index is 0.00801. The van der Waals surface area contributed by atoms with Gasteiger partial charge in [-0.25, -0.2) is 19.3 Å². The Kier molecular flexibility index (Phi) is 4.01. The Balaban J connectivity index is 1.52. The van der Waals surface area contributed by atoms with Gasteiger partial charge in [-0.2, -0.15) is 0 Å². The van der Waals surface area contributed by atoms with Crippen molar-refractivity contribution in [2.45, 2.75) is 26.1 Å². The van der Waals surface area contributed by atoms with E-state index in [1.54, 1.807) is 12.4 Å². The highest BCUT2D eigenvalue weighted by Crippen LogP contribution is 2.28. The summed E-state index contributed by atoms with van der Waals surface area (Å²) >= 11 is 0. The van der Waals surface area contributed by atoms with Gasteiger partial charge in [0.25, 0.3) is 0 Å². The van der Waals surface area contributed by atoms with Crippen molar-refractivity contribution in [3.63, 3.8) is 0 Å². The second kappa shape index (κ2) is 6.46. The van der Waals surface area contributed by atoms with E-state index in [1.807, 2.05) is 30.2 Å². The molecule has 25 heavy (non-hydrogen) atoms. The zero-order valence-electron chi connectivity index (χ0n) is 13.7. The predicted molar refractivity (Wildman–Crippen MR) is 88.5 cm³/mol. The first kappa shape index (κ1) is 15.5. The molecule has 4 heterocycles. The van der Waals surface area contributed by atoms with Gasteiger partial charge in [0.2, 0.25) is 5.95 Å². The average molecular weight is 340 g/mol. The maximum Gasteiger partial charge on any atom is 0.226 e. The number of rotatable bonds is 4. The minimum Gasteiger partial charge on any atom is -0.486 e. The molecule has 0 bridgehead atoms. The molecule has 0 N–H and O–H groups in total. The van der Waals surface area contributed by atoms with Crippen LogP contribution < -0.4 is 9.64 Å². The largest absolute Gasteiger partial charge is 0.486 e. The normalized spacial score (nSPS) is 16.6. The summed E-state index contributed by atoms with van der Waals surface area (Å²) in [5, 5.41) is 0. The molecule has 4 rings (SSSR count). The van der Waals surface area contributed by atoms with Gasteiger partial charge < -0.3 is 14.2 Å². The number of anilines is 1. The van der Waals surface area contributed by atoms with E-state index >= 15 is 0 Å². The summed E-state index contributed by atoms with van der Waals surface area (Å²) < 4.78 is 21.0. The summed E-state index contributed by atoms with van der Waals surface area (Å²) in [6.45, 7) is 3.93. The van der Waals surface area contributed by atoms with E-state index in [2.05, 4.69) is 24.5 Å². The van der Waals surface area contributed by atoms with Crippen LogP contribution in [0, 0.1) is 5.82 Å². The lowest BCUT2D eigenvalue weighted by atomic mass is 10.2. The summed E-state index contributed by atoms with van der Waals surface area (Å²) in [4.78, 5) is 18.8. The number of fused-ring (bicyclic) bond motifs is 1. The van der Waals surface area contributed by atoms with E-state index in [0.29, 0.717) is 12.6 Å². The molecular formula is C17H17FN6O. The Hall–Kier alpha value is -3.03. The second-order valence-corrected chi connectivity index (χ2v) is 5.81.